The van der Waals surface area contributed by atoms with Crippen LogP contribution in [0.1, 0.15) is 41.9 Å². The number of aromatic nitrogens is 3. The first-order valence-corrected chi connectivity index (χ1v) is 9.12. The Morgan fingerprint density at radius 2 is 2.08 bits per heavy atom. The number of amides is 1. The van der Waals surface area contributed by atoms with E-state index in [2.05, 4.69) is 15.2 Å². The number of nitrogens with zero attached hydrogens (tertiary/aromatic N) is 3. The van der Waals surface area contributed by atoms with Gasteiger partial charge >= 0.3 is 0 Å². The van der Waals surface area contributed by atoms with E-state index < -0.39 is 6.67 Å². The minimum atomic E-state index is -0.473. The second-order valence-corrected chi connectivity index (χ2v) is 7.15. The third kappa shape index (κ3) is 3.77. The summed E-state index contributed by atoms with van der Waals surface area (Å²) in [4.78, 5) is 18.7. The number of benzene rings is 1. The first-order valence-electron chi connectivity index (χ1n) is 9.12. The highest BCUT2D eigenvalue weighted by Gasteiger charge is 2.39. The van der Waals surface area contributed by atoms with Crippen molar-refractivity contribution in [3.05, 3.63) is 47.5 Å². The molecule has 2 unspecified atom stereocenters. The molecule has 2 fully saturated rings. The molecule has 0 radical (unpaired) electrons. The summed E-state index contributed by atoms with van der Waals surface area (Å²) < 4.78 is 19.0. The molecule has 0 bridgehead atoms. The second-order valence-electron chi connectivity index (χ2n) is 7.15. The highest BCUT2D eigenvalue weighted by Crippen LogP contribution is 2.39. The van der Waals surface area contributed by atoms with Crippen LogP contribution in [-0.2, 0) is 16.1 Å². The molecule has 1 saturated carbocycles. The quantitative estimate of drug-likeness (QED) is 0.825. The maximum absolute atomic E-state index is 13.5. The van der Waals surface area contributed by atoms with E-state index >= 15 is 0 Å². The molecule has 1 aromatic carbocycles. The number of rotatable bonds is 7. The Morgan fingerprint density at radius 3 is 2.81 bits per heavy atom. The number of halogens is 1. The van der Waals surface area contributed by atoms with Crippen LogP contribution < -0.4 is 0 Å². The summed E-state index contributed by atoms with van der Waals surface area (Å²) in [5.41, 5.74) is 1.02. The molecular formula is C19H23FN4O2. The van der Waals surface area contributed by atoms with E-state index in [1.807, 2.05) is 30.3 Å². The molecule has 1 aliphatic carbocycles. The normalized spacial score (nSPS) is 22.7. The van der Waals surface area contributed by atoms with Crippen LogP contribution >= 0.6 is 0 Å². The Labute approximate surface area is 151 Å². The summed E-state index contributed by atoms with van der Waals surface area (Å²) in [7, 11) is 0. The van der Waals surface area contributed by atoms with Crippen LogP contribution in [0.3, 0.4) is 0 Å². The van der Waals surface area contributed by atoms with Gasteiger partial charge < -0.3 is 9.64 Å². The van der Waals surface area contributed by atoms with Gasteiger partial charge in [0.25, 0.3) is 0 Å². The monoisotopic (exact) mass is 358 g/mol. The Morgan fingerprint density at radius 1 is 1.27 bits per heavy atom. The number of nitrogens with one attached hydrogen (secondary N) is 1. The average Bonchev–Trinajstić information content (AvgIpc) is 3.24. The number of alkyl halides is 1. The van der Waals surface area contributed by atoms with Crippen LogP contribution in [0.2, 0.25) is 0 Å². The second kappa shape index (κ2) is 7.53. The Kier molecular flexibility index (Phi) is 4.97. The van der Waals surface area contributed by atoms with Gasteiger partial charge in [0.1, 0.15) is 12.4 Å². The predicted molar refractivity (Wildman–Crippen MR) is 93.2 cm³/mol. The van der Waals surface area contributed by atoms with Gasteiger partial charge in [-0.3, -0.25) is 14.3 Å². The maximum atomic E-state index is 13.5. The number of carbonyl (C=O) groups excluding carboxylic acids is 1. The van der Waals surface area contributed by atoms with Gasteiger partial charge in [-0.25, -0.2) is 4.98 Å². The van der Waals surface area contributed by atoms with Crippen molar-refractivity contribution < 1.29 is 13.9 Å². The fraction of sp³-hybridized carbons (Fsp3) is 0.526. The number of H-pyrrole nitrogens is 1. The number of ether oxygens (including phenoxy) is 1. The van der Waals surface area contributed by atoms with E-state index in [1.54, 1.807) is 4.90 Å². The number of likely N-dealkylation sites (tertiary alicyclic amines) is 1. The lowest BCUT2D eigenvalue weighted by atomic mass is 9.97. The molecule has 2 aromatic rings. The zero-order valence-corrected chi connectivity index (χ0v) is 14.6. The SMILES string of the molecule is O=C(COCc1ccccc1)N1CC(CF)C(c2nc(C3CC3)n[nH]2)C1. The van der Waals surface area contributed by atoms with Crippen molar-refractivity contribution in [3.63, 3.8) is 0 Å². The van der Waals surface area contributed by atoms with Crippen LogP contribution in [0, 0.1) is 5.92 Å². The third-order valence-corrected chi connectivity index (χ3v) is 5.14. The highest BCUT2D eigenvalue weighted by molar-refractivity contribution is 5.77. The van der Waals surface area contributed by atoms with Crippen LogP contribution in [0.5, 0.6) is 0 Å². The molecule has 6 nitrogen and oxygen atoms in total. The minimum Gasteiger partial charge on any atom is -0.367 e. The fourth-order valence-corrected chi connectivity index (χ4v) is 3.44. The number of carbonyl (C=O) groups is 1. The van der Waals surface area contributed by atoms with Gasteiger partial charge in [-0.05, 0) is 18.4 Å². The van der Waals surface area contributed by atoms with Crippen LogP contribution in [0.15, 0.2) is 30.3 Å². The maximum Gasteiger partial charge on any atom is 0.248 e. The lowest BCUT2D eigenvalue weighted by Gasteiger charge is -2.16. The van der Waals surface area contributed by atoms with Gasteiger partial charge in [-0.1, -0.05) is 30.3 Å². The summed E-state index contributed by atoms with van der Waals surface area (Å²) in [6.07, 6.45) is 2.25. The summed E-state index contributed by atoms with van der Waals surface area (Å²) >= 11 is 0. The predicted octanol–water partition coefficient (Wildman–Crippen LogP) is 2.41. The molecule has 1 aliphatic heterocycles. The van der Waals surface area contributed by atoms with Crippen molar-refractivity contribution in [2.75, 3.05) is 26.4 Å². The van der Waals surface area contributed by atoms with E-state index in [4.69, 9.17) is 4.74 Å². The molecule has 7 heteroatoms. The molecule has 2 aliphatic rings. The van der Waals surface area contributed by atoms with Crippen molar-refractivity contribution in [2.45, 2.75) is 31.3 Å². The van der Waals surface area contributed by atoms with E-state index in [0.29, 0.717) is 31.4 Å². The molecule has 1 aromatic heterocycles. The fourth-order valence-electron chi connectivity index (χ4n) is 3.44. The van der Waals surface area contributed by atoms with E-state index in [1.165, 1.54) is 0 Å². The van der Waals surface area contributed by atoms with Crippen LogP contribution in [0.4, 0.5) is 4.39 Å². The molecule has 1 saturated heterocycles. The number of hydrogen-bond donors (Lipinski definition) is 1. The smallest absolute Gasteiger partial charge is 0.248 e. The minimum absolute atomic E-state index is 0.00431. The topological polar surface area (TPSA) is 71.1 Å². The zero-order chi connectivity index (χ0) is 17.9. The lowest BCUT2D eigenvalue weighted by molar-refractivity contribution is -0.135. The molecule has 1 amide bonds. The first kappa shape index (κ1) is 17.1. The van der Waals surface area contributed by atoms with Gasteiger partial charge in [0, 0.05) is 30.8 Å². The third-order valence-electron chi connectivity index (χ3n) is 5.14. The summed E-state index contributed by atoms with van der Waals surface area (Å²) in [5, 5.41) is 7.22. The molecule has 138 valence electrons. The van der Waals surface area contributed by atoms with Crippen LogP contribution in [-0.4, -0.2) is 52.4 Å². The number of aromatic amines is 1. The van der Waals surface area contributed by atoms with E-state index in [0.717, 1.165) is 24.2 Å². The van der Waals surface area contributed by atoms with Crippen molar-refractivity contribution in [2.24, 2.45) is 5.92 Å². The van der Waals surface area contributed by atoms with E-state index in [9.17, 15) is 9.18 Å². The van der Waals surface area contributed by atoms with Crippen LogP contribution in [0.25, 0.3) is 0 Å². The average molecular weight is 358 g/mol. The van der Waals surface area contributed by atoms with Gasteiger partial charge in [-0.15, -0.1) is 0 Å². The summed E-state index contributed by atoms with van der Waals surface area (Å²) in [5.74, 6) is 1.51. The Balaban J connectivity index is 1.32. The molecule has 4 rings (SSSR count). The lowest BCUT2D eigenvalue weighted by Crippen LogP contribution is -2.32. The molecule has 2 atom stereocenters. The van der Waals surface area contributed by atoms with Crippen molar-refractivity contribution in [1.29, 1.82) is 0 Å². The Hall–Kier alpha value is -2.28. The molecular weight excluding hydrogens is 335 g/mol. The van der Waals surface area contributed by atoms with Gasteiger partial charge in [0.15, 0.2) is 5.82 Å². The zero-order valence-electron chi connectivity index (χ0n) is 14.6. The molecule has 2 heterocycles. The van der Waals surface area contributed by atoms with Crippen molar-refractivity contribution in [3.8, 4) is 0 Å². The highest BCUT2D eigenvalue weighted by atomic mass is 19.1. The molecule has 26 heavy (non-hydrogen) atoms. The molecule has 1 N–H and O–H groups in total. The Bertz CT molecular complexity index is 747. The first-order chi connectivity index (χ1) is 12.7. The number of hydrogen-bond acceptors (Lipinski definition) is 4. The summed E-state index contributed by atoms with van der Waals surface area (Å²) in [6.45, 7) is 0.780. The van der Waals surface area contributed by atoms with Gasteiger partial charge in [0.2, 0.25) is 5.91 Å². The van der Waals surface area contributed by atoms with E-state index in [-0.39, 0.29) is 24.3 Å². The van der Waals surface area contributed by atoms with Gasteiger partial charge in [-0.2, -0.15) is 5.10 Å². The molecule has 0 spiro atoms. The van der Waals surface area contributed by atoms with Crippen molar-refractivity contribution in [1.82, 2.24) is 20.1 Å². The standard InChI is InChI=1S/C19H23FN4O2/c20-8-15-9-24(17(25)12-26-11-13-4-2-1-3-5-13)10-16(15)19-21-18(22-23-19)14-6-7-14/h1-5,14-16H,6-12H2,(H,21,22,23). The van der Waals surface area contributed by atoms with Gasteiger partial charge in [0.05, 0.1) is 13.3 Å². The van der Waals surface area contributed by atoms with Crippen molar-refractivity contribution >= 4 is 5.91 Å². The largest absolute Gasteiger partial charge is 0.367 e. The summed E-state index contributed by atoms with van der Waals surface area (Å²) in [6, 6.07) is 9.72.